The number of pyridine rings is 1. The molecule has 0 spiro atoms. The van der Waals surface area contributed by atoms with E-state index in [9.17, 15) is 0 Å². The molecule has 0 fully saturated rings. The smallest absolute Gasteiger partial charge is 0.160 e. The van der Waals surface area contributed by atoms with Gasteiger partial charge in [0.2, 0.25) is 0 Å². The second kappa shape index (κ2) is 4.67. The third-order valence-corrected chi connectivity index (χ3v) is 4.06. The van der Waals surface area contributed by atoms with Crippen molar-refractivity contribution in [3.63, 3.8) is 0 Å². The summed E-state index contributed by atoms with van der Waals surface area (Å²) in [6, 6.07) is 10.9. The lowest BCUT2D eigenvalue weighted by Gasteiger charge is -2.13. The van der Waals surface area contributed by atoms with E-state index in [4.69, 9.17) is 4.98 Å². The maximum absolute atomic E-state index is 4.81. The number of aromatic nitrogens is 3. The first-order valence-electron chi connectivity index (χ1n) is 7.40. The summed E-state index contributed by atoms with van der Waals surface area (Å²) < 4.78 is 2.22. The van der Waals surface area contributed by atoms with Crippen LogP contribution in [0.25, 0.3) is 22.6 Å². The van der Waals surface area contributed by atoms with Crippen LogP contribution in [0.3, 0.4) is 0 Å². The van der Waals surface area contributed by atoms with Crippen molar-refractivity contribution < 1.29 is 0 Å². The minimum absolute atomic E-state index is 0.325. The Balaban J connectivity index is 1.95. The summed E-state index contributed by atoms with van der Waals surface area (Å²) >= 11 is 0. The van der Waals surface area contributed by atoms with Gasteiger partial charge in [0.05, 0.1) is 0 Å². The molecule has 0 saturated heterocycles. The molecule has 1 aromatic carbocycles. The number of nitrogens with zero attached hydrogens (tertiary/aromatic N) is 3. The molecule has 2 aromatic heterocycles. The van der Waals surface area contributed by atoms with Crippen molar-refractivity contribution >= 4 is 11.2 Å². The van der Waals surface area contributed by atoms with Crippen molar-refractivity contribution in [3.05, 3.63) is 47.7 Å². The van der Waals surface area contributed by atoms with E-state index in [2.05, 4.69) is 46.9 Å². The first kappa shape index (κ1) is 12.5. The highest BCUT2D eigenvalue weighted by Crippen LogP contribution is 2.29. The van der Waals surface area contributed by atoms with Gasteiger partial charge in [-0.05, 0) is 43.2 Å². The van der Waals surface area contributed by atoms with Crippen LogP contribution in [-0.2, 0) is 13.1 Å². The summed E-state index contributed by atoms with van der Waals surface area (Å²) in [5, 5.41) is 3.39. The lowest BCUT2D eigenvalue weighted by atomic mass is 10.1. The molecule has 3 heterocycles. The molecule has 4 heteroatoms. The monoisotopic (exact) mass is 278 g/mol. The summed E-state index contributed by atoms with van der Waals surface area (Å²) in [6.07, 6.45) is 1.83. The van der Waals surface area contributed by atoms with Gasteiger partial charge in [0.15, 0.2) is 5.65 Å². The Hall–Kier alpha value is -2.20. The molecule has 1 aliphatic heterocycles. The summed E-state index contributed by atoms with van der Waals surface area (Å²) in [6.45, 7) is 6.27. The number of rotatable bonds is 2. The van der Waals surface area contributed by atoms with Crippen LogP contribution in [0.1, 0.15) is 31.0 Å². The maximum atomic E-state index is 4.81. The molecule has 0 unspecified atom stereocenters. The molecule has 1 N–H and O–H groups in total. The van der Waals surface area contributed by atoms with Crippen molar-refractivity contribution in [1.29, 1.82) is 0 Å². The van der Waals surface area contributed by atoms with E-state index in [1.54, 1.807) is 0 Å². The predicted octanol–water partition coefficient (Wildman–Crippen LogP) is 3.28. The van der Waals surface area contributed by atoms with Gasteiger partial charge in [-0.2, -0.15) is 0 Å². The van der Waals surface area contributed by atoms with Crippen molar-refractivity contribution in [3.8, 4) is 11.4 Å². The van der Waals surface area contributed by atoms with Gasteiger partial charge < -0.3 is 9.88 Å². The zero-order chi connectivity index (χ0) is 14.4. The number of hydrogen-bond donors (Lipinski definition) is 1. The van der Waals surface area contributed by atoms with Crippen molar-refractivity contribution in [2.75, 3.05) is 0 Å². The molecule has 0 aliphatic carbocycles. The average molecular weight is 278 g/mol. The topological polar surface area (TPSA) is 42.7 Å². The quantitative estimate of drug-likeness (QED) is 0.782. The third-order valence-electron chi connectivity index (χ3n) is 4.06. The summed E-state index contributed by atoms with van der Waals surface area (Å²) in [5.41, 5.74) is 5.86. The molecule has 3 aromatic rings. The molecular weight excluding hydrogens is 260 g/mol. The van der Waals surface area contributed by atoms with E-state index >= 15 is 0 Å². The third kappa shape index (κ3) is 1.94. The van der Waals surface area contributed by atoms with E-state index in [0.29, 0.717) is 6.04 Å². The first-order valence-corrected chi connectivity index (χ1v) is 7.40. The zero-order valence-corrected chi connectivity index (χ0v) is 12.3. The van der Waals surface area contributed by atoms with Gasteiger partial charge in [-0.3, -0.25) is 0 Å². The Kier molecular flexibility index (Phi) is 2.79. The number of nitrogens with one attached hydrogen (secondary N) is 1. The molecular formula is C17H18N4. The molecule has 21 heavy (non-hydrogen) atoms. The van der Waals surface area contributed by atoms with Gasteiger partial charge in [-0.1, -0.05) is 12.1 Å². The zero-order valence-electron chi connectivity index (χ0n) is 12.3. The van der Waals surface area contributed by atoms with Gasteiger partial charge in [-0.25, -0.2) is 9.97 Å². The van der Waals surface area contributed by atoms with Crippen molar-refractivity contribution in [1.82, 2.24) is 19.9 Å². The summed E-state index contributed by atoms with van der Waals surface area (Å²) in [4.78, 5) is 9.32. The number of hydrogen-bond acceptors (Lipinski definition) is 3. The fraction of sp³-hybridized carbons (Fsp3) is 0.294. The molecule has 1 aliphatic rings. The van der Waals surface area contributed by atoms with Crippen molar-refractivity contribution in [2.45, 2.75) is 33.0 Å². The van der Waals surface area contributed by atoms with E-state index in [1.165, 1.54) is 16.7 Å². The Morgan fingerprint density at radius 2 is 2.00 bits per heavy atom. The van der Waals surface area contributed by atoms with Crippen LogP contribution in [0.2, 0.25) is 0 Å². The van der Waals surface area contributed by atoms with Crippen LogP contribution in [0.15, 0.2) is 36.5 Å². The summed E-state index contributed by atoms with van der Waals surface area (Å²) in [7, 11) is 0. The SMILES string of the molecule is CC(C)n1c(-c2ccc3c(c2)CNC3)nc2cccnc21. The molecule has 0 bridgehead atoms. The Bertz CT molecular complexity index is 817. The van der Waals surface area contributed by atoms with Crippen molar-refractivity contribution in [2.24, 2.45) is 0 Å². The fourth-order valence-corrected chi connectivity index (χ4v) is 3.06. The van der Waals surface area contributed by atoms with Crippen LogP contribution in [0.4, 0.5) is 0 Å². The largest absolute Gasteiger partial charge is 0.309 e. The van der Waals surface area contributed by atoms with E-state index in [0.717, 1.165) is 30.1 Å². The Morgan fingerprint density at radius 3 is 2.86 bits per heavy atom. The Morgan fingerprint density at radius 1 is 1.14 bits per heavy atom. The lowest BCUT2D eigenvalue weighted by Crippen LogP contribution is -2.04. The van der Waals surface area contributed by atoms with Gasteiger partial charge >= 0.3 is 0 Å². The highest BCUT2D eigenvalue weighted by atomic mass is 15.1. The summed E-state index contributed by atoms with van der Waals surface area (Å²) in [5.74, 6) is 1.01. The highest BCUT2D eigenvalue weighted by molar-refractivity contribution is 5.77. The van der Waals surface area contributed by atoms with Gasteiger partial charge in [0.1, 0.15) is 11.3 Å². The average Bonchev–Trinajstić information content (AvgIpc) is 3.10. The van der Waals surface area contributed by atoms with Gasteiger partial charge in [0.25, 0.3) is 0 Å². The van der Waals surface area contributed by atoms with Crippen LogP contribution in [0, 0.1) is 0 Å². The maximum Gasteiger partial charge on any atom is 0.160 e. The normalized spacial score (nSPS) is 14.0. The number of fused-ring (bicyclic) bond motifs is 2. The van der Waals surface area contributed by atoms with Crippen LogP contribution < -0.4 is 5.32 Å². The van der Waals surface area contributed by atoms with Crippen LogP contribution in [0.5, 0.6) is 0 Å². The minimum atomic E-state index is 0.325. The second-order valence-corrected chi connectivity index (χ2v) is 5.83. The molecule has 4 nitrogen and oxygen atoms in total. The fourth-order valence-electron chi connectivity index (χ4n) is 3.06. The second-order valence-electron chi connectivity index (χ2n) is 5.83. The first-order chi connectivity index (χ1) is 10.2. The van der Waals surface area contributed by atoms with E-state index in [1.807, 2.05) is 18.3 Å². The van der Waals surface area contributed by atoms with Gasteiger partial charge in [-0.15, -0.1) is 0 Å². The molecule has 0 radical (unpaired) electrons. The lowest BCUT2D eigenvalue weighted by molar-refractivity contribution is 0.619. The molecule has 0 amide bonds. The van der Waals surface area contributed by atoms with Gasteiger partial charge in [0, 0.05) is 30.9 Å². The van der Waals surface area contributed by atoms with Crippen LogP contribution in [-0.4, -0.2) is 14.5 Å². The molecule has 106 valence electrons. The van der Waals surface area contributed by atoms with E-state index in [-0.39, 0.29) is 0 Å². The number of benzene rings is 1. The number of imidazole rings is 1. The molecule has 0 atom stereocenters. The van der Waals surface area contributed by atoms with Crippen LogP contribution >= 0.6 is 0 Å². The van der Waals surface area contributed by atoms with E-state index < -0.39 is 0 Å². The predicted molar refractivity (Wildman–Crippen MR) is 83.9 cm³/mol. The minimum Gasteiger partial charge on any atom is -0.309 e. The highest BCUT2D eigenvalue weighted by Gasteiger charge is 2.17. The Labute approximate surface area is 123 Å². The molecule has 0 saturated carbocycles. The standard InChI is InChI=1S/C17H18N4/c1-11(2)21-16(20-15-4-3-7-19-17(15)21)12-5-6-13-9-18-10-14(13)8-12/h3-8,11,18H,9-10H2,1-2H3. The molecule has 4 rings (SSSR count).